The number of nitrogens with two attached hydrogens (primary N) is 1. The molecule has 2 unspecified atom stereocenters. The molecule has 0 aliphatic heterocycles. The highest BCUT2D eigenvalue weighted by Gasteiger charge is 2.16. The van der Waals surface area contributed by atoms with Crippen LogP contribution in [0, 0.1) is 0 Å². The summed E-state index contributed by atoms with van der Waals surface area (Å²) >= 11 is 0. The van der Waals surface area contributed by atoms with E-state index in [0.717, 1.165) is 19.4 Å². The molecule has 0 aromatic heterocycles. The van der Waals surface area contributed by atoms with E-state index in [4.69, 9.17) is 10.8 Å². The van der Waals surface area contributed by atoms with Crippen LogP contribution in [-0.4, -0.2) is 30.8 Å². The van der Waals surface area contributed by atoms with Crippen molar-refractivity contribution >= 4 is 0 Å². The van der Waals surface area contributed by atoms with Gasteiger partial charge in [-0.25, -0.2) is 0 Å². The zero-order chi connectivity index (χ0) is 12.5. The lowest BCUT2D eigenvalue weighted by Gasteiger charge is -2.24. The highest BCUT2D eigenvalue weighted by molar-refractivity contribution is 5.20. The lowest BCUT2D eigenvalue weighted by Crippen LogP contribution is -2.40. The SMILES string of the molecule is CC(c1ccccc1)C(CN)NCCCCO. The van der Waals surface area contributed by atoms with Crippen LogP contribution in [0.3, 0.4) is 0 Å². The van der Waals surface area contributed by atoms with Crippen LogP contribution in [0.25, 0.3) is 0 Å². The minimum absolute atomic E-state index is 0.267. The summed E-state index contributed by atoms with van der Waals surface area (Å²) in [6.45, 7) is 4.02. The summed E-state index contributed by atoms with van der Waals surface area (Å²) in [5, 5.41) is 12.2. The van der Waals surface area contributed by atoms with Gasteiger partial charge in [-0.3, -0.25) is 0 Å². The molecule has 4 N–H and O–H groups in total. The van der Waals surface area contributed by atoms with E-state index in [9.17, 15) is 0 Å². The molecule has 0 heterocycles. The van der Waals surface area contributed by atoms with E-state index >= 15 is 0 Å². The van der Waals surface area contributed by atoms with Crippen molar-refractivity contribution in [1.82, 2.24) is 5.32 Å². The van der Waals surface area contributed by atoms with Gasteiger partial charge in [0.25, 0.3) is 0 Å². The Labute approximate surface area is 104 Å². The van der Waals surface area contributed by atoms with E-state index in [1.807, 2.05) is 6.07 Å². The Kier molecular flexibility index (Phi) is 6.86. The molecule has 0 spiro atoms. The monoisotopic (exact) mass is 236 g/mol. The molecule has 96 valence electrons. The Bertz CT molecular complexity index is 290. The number of nitrogens with one attached hydrogen (secondary N) is 1. The van der Waals surface area contributed by atoms with Crippen LogP contribution in [0.2, 0.25) is 0 Å². The summed E-state index contributed by atoms with van der Waals surface area (Å²) in [7, 11) is 0. The van der Waals surface area contributed by atoms with Gasteiger partial charge in [0.1, 0.15) is 0 Å². The Morgan fingerprint density at radius 3 is 2.53 bits per heavy atom. The maximum absolute atomic E-state index is 8.72. The molecule has 0 aliphatic rings. The van der Waals surface area contributed by atoms with Gasteiger partial charge in [0.05, 0.1) is 0 Å². The van der Waals surface area contributed by atoms with E-state index in [-0.39, 0.29) is 6.61 Å². The molecule has 0 fully saturated rings. The Morgan fingerprint density at radius 1 is 1.24 bits per heavy atom. The molecular weight excluding hydrogens is 212 g/mol. The van der Waals surface area contributed by atoms with E-state index in [0.29, 0.717) is 18.5 Å². The molecular formula is C14H24N2O. The van der Waals surface area contributed by atoms with Gasteiger partial charge in [0.2, 0.25) is 0 Å². The van der Waals surface area contributed by atoms with Crippen LogP contribution in [0.4, 0.5) is 0 Å². The summed E-state index contributed by atoms with van der Waals surface area (Å²) < 4.78 is 0. The van der Waals surface area contributed by atoms with Crippen LogP contribution in [-0.2, 0) is 0 Å². The molecule has 0 bridgehead atoms. The zero-order valence-corrected chi connectivity index (χ0v) is 10.6. The summed E-state index contributed by atoms with van der Waals surface area (Å²) in [6, 6.07) is 10.7. The van der Waals surface area contributed by atoms with Crippen LogP contribution < -0.4 is 11.1 Å². The molecule has 0 radical (unpaired) electrons. The molecule has 2 atom stereocenters. The number of hydrogen-bond acceptors (Lipinski definition) is 3. The van der Waals surface area contributed by atoms with Crippen molar-refractivity contribution in [3.8, 4) is 0 Å². The summed E-state index contributed by atoms with van der Waals surface area (Å²) in [5.74, 6) is 0.412. The molecule has 3 nitrogen and oxygen atoms in total. The van der Waals surface area contributed by atoms with Crippen molar-refractivity contribution in [3.63, 3.8) is 0 Å². The lowest BCUT2D eigenvalue weighted by atomic mass is 9.93. The number of aliphatic hydroxyl groups is 1. The van der Waals surface area contributed by atoms with Crippen molar-refractivity contribution in [2.75, 3.05) is 19.7 Å². The molecule has 3 heteroatoms. The van der Waals surface area contributed by atoms with Gasteiger partial charge in [0.15, 0.2) is 0 Å². The van der Waals surface area contributed by atoms with Gasteiger partial charge < -0.3 is 16.2 Å². The Hall–Kier alpha value is -0.900. The molecule has 1 aromatic rings. The fourth-order valence-electron chi connectivity index (χ4n) is 1.98. The molecule has 1 rings (SSSR count). The van der Waals surface area contributed by atoms with Crippen molar-refractivity contribution < 1.29 is 5.11 Å². The van der Waals surface area contributed by atoms with Crippen molar-refractivity contribution in [2.45, 2.75) is 31.7 Å². The maximum Gasteiger partial charge on any atom is 0.0431 e. The standard InChI is InChI=1S/C14H24N2O/c1-12(13-7-3-2-4-8-13)14(11-15)16-9-5-6-10-17/h2-4,7-8,12,14,16-17H,5-6,9-11,15H2,1H3. The van der Waals surface area contributed by atoms with Crippen molar-refractivity contribution in [3.05, 3.63) is 35.9 Å². The predicted octanol–water partition coefficient (Wildman–Crippen LogP) is 1.48. The number of hydrogen-bond donors (Lipinski definition) is 3. The first kappa shape index (κ1) is 14.2. The number of aliphatic hydroxyl groups excluding tert-OH is 1. The van der Waals surface area contributed by atoms with Gasteiger partial charge >= 0.3 is 0 Å². The number of rotatable bonds is 8. The van der Waals surface area contributed by atoms with Crippen molar-refractivity contribution in [2.24, 2.45) is 5.73 Å². The van der Waals surface area contributed by atoms with Gasteiger partial charge in [-0.1, -0.05) is 37.3 Å². The van der Waals surface area contributed by atoms with E-state index < -0.39 is 0 Å². The predicted molar refractivity (Wildman–Crippen MR) is 72.0 cm³/mol. The lowest BCUT2D eigenvalue weighted by molar-refractivity contribution is 0.282. The highest BCUT2D eigenvalue weighted by Crippen LogP contribution is 2.18. The average Bonchev–Trinajstić information content (AvgIpc) is 2.39. The van der Waals surface area contributed by atoms with Gasteiger partial charge in [-0.15, -0.1) is 0 Å². The molecule has 1 aromatic carbocycles. The van der Waals surface area contributed by atoms with Crippen molar-refractivity contribution in [1.29, 1.82) is 0 Å². The Balaban J connectivity index is 2.44. The second-order valence-corrected chi connectivity index (χ2v) is 4.43. The molecule has 0 saturated carbocycles. The Morgan fingerprint density at radius 2 is 1.94 bits per heavy atom. The fourth-order valence-corrected chi connectivity index (χ4v) is 1.98. The quantitative estimate of drug-likeness (QED) is 0.599. The van der Waals surface area contributed by atoms with E-state index in [1.165, 1.54) is 5.56 Å². The van der Waals surface area contributed by atoms with E-state index in [2.05, 4.69) is 36.5 Å². The largest absolute Gasteiger partial charge is 0.396 e. The van der Waals surface area contributed by atoms with Gasteiger partial charge in [-0.2, -0.15) is 0 Å². The maximum atomic E-state index is 8.72. The number of benzene rings is 1. The fraction of sp³-hybridized carbons (Fsp3) is 0.571. The average molecular weight is 236 g/mol. The van der Waals surface area contributed by atoms with Crippen LogP contribution in [0.5, 0.6) is 0 Å². The molecule has 17 heavy (non-hydrogen) atoms. The third kappa shape index (κ3) is 4.86. The summed E-state index contributed by atoms with van der Waals surface area (Å²) in [6.07, 6.45) is 1.85. The smallest absolute Gasteiger partial charge is 0.0431 e. The normalized spacial score (nSPS) is 14.5. The third-order valence-electron chi connectivity index (χ3n) is 3.17. The van der Waals surface area contributed by atoms with Crippen LogP contribution >= 0.6 is 0 Å². The number of unbranched alkanes of at least 4 members (excludes halogenated alkanes) is 1. The molecule has 0 amide bonds. The van der Waals surface area contributed by atoms with Gasteiger partial charge in [0, 0.05) is 19.2 Å². The van der Waals surface area contributed by atoms with E-state index in [1.54, 1.807) is 0 Å². The second kappa shape index (κ2) is 8.23. The zero-order valence-electron chi connectivity index (χ0n) is 10.6. The minimum Gasteiger partial charge on any atom is -0.396 e. The topological polar surface area (TPSA) is 58.3 Å². The first-order valence-electron chi connectivity index (χ1n) is 6.38. The molecule has 0 aliphatic carbocycles. The summed E-state index contributed by atoms with van der Waals surface area (Å²) in [4.78, 5) is 0. The van der Waals surface area contributed by atoms with Crippen LogP contribution in [0.1, 0.15) is 31.2 Å². The first-order chi connectivity index (χ1) is 8.29. The first-order valence-corrected chi connectivity index (χ1v) is 6.38. The van der Waals surface area contributed by atoms with Gasteiger partial charge in [-0.05, 0) is 30.9 Å². The molecule has 0 saturated heterocycles. The summed E-state index contributed by atoms with van der Waals surface area (Å²) in [5.41, 5.74) is 7.13. The second-order valence-electron chi connectivity index (χ2n) is 4.43. The third-order valence-corrected chi connectivity index (χ3v) is 3.17. The minimum atomic E-state index is 0.267. The van der Waals surface area contributed by atoms with Crippen LogP contribution in [0.15, 0.2) is 30.3 Å². The highest BCUT2D eigenvalue weighted by atomic mass is 16.2.